The molecule has 26 heavy (non-hydrogen) atoms. The van der Waals surface area contributed by atoms with Gasteiger partial charge in [-0.2, -0.15) is 0 Å². The molecule has 0 amide bonds. The zero-order chi connectivity index (χ0) is 18.3. The van der Waals surface area contributed by atoms with Gasteiger partial charge >= 0.3 is 0 Å². The van der Waals surface area contributed by atoms with E-state index >= 15 is 0 Å². The SMILES string of the molecule is CCC(C)C(C)c1cc(Br)cc2c1-c1ccccc1[C@@H]2c1ccccc1. The average Bonchev–Trinajstić information content (AvgIpc) is 3.00. The molecule has 0 saturated carbocycles. The summed E-state index contributed by atoms with van der Waals surface area (Å²) in [6.07, 6.45) is 1.20. The fraction of sp³-hybridized carbons (Fsp3) is 0.280. The van der Waals surface area contributed by atoms with Gasteiger partial charge in [0.1, 0.15) is 0 Å². The van der Waals surface area contributed by atoms with Gasteiger partial charge in [-0.15, -0.1) is 0 Å². The van der Waals surface area contributed by atoms with Crippen molar-refractivity contribution in [1.29, 1.82) is 0 Å². The van der Waals surface area contributed by atoms with Crippen LogP contribution in [0, 0.1) is 5.92 Å². The normalized spacial score (nSPS) is 17.5. The molecule has 4 rings (SSSR count). The molecule has 1 aliphatic rings. The quantitative estimate of drug-likeness (QED) is 0.325. The fourth-order valence-electron chi connectivity index (χ4n) is 4.36. The van der Waals surface area contributed by atoms with E-state index in [0.717, 1.165) is 0 Å². The van der Waals surface area contributed by atoms with Gasteiger partial charge in [-0.3, -0.25) is 0 Å². The summed E-state index contributed by atoms with van der Waals surface area (Å²) in [5.74, 6) is 1.52. The standard InChI is InChI=1S/C25H25Br/c1-4-16(2)17(3)22-14-19(26)15-23-24(18-10-6-5-7-11-18)20-12-8-9-13-21(20)25(22)23/h5-17,24H,4H2,1-3H3/t16?,17?,24-/m0/s1. The molecule has 0 aromatic heterocycles. The van der Waals surface area contributed by atoms with E-state index in [9.17, 15) is 0 Å². The van der Waals surface area contributed by atoms with Crippen LogP contribution in [0.2, 0.25) is 0 Å². The van der Waals surface area contributed by atoms with Gasteiger partial charge in [-0.1, -0.05) is 97.7 Å². The first-order chi connectivity index (χ1) is 12.6. The van der Waals surface area contributed by atoms with Gasteiger partial charge in [0.05, 0.1) is 0 Å². The number of halogens is 1. The van der Waals surface area contributed by atoms with Gasteiger partial charge < -0.3 is 0 Å². The van der Waals surface area contributed by atoms with Crippen LogP contribution < -0.4 is 0 Å². The third-order valence-electron chi connectivity index (χ3n) is 6.14. The van der Waals surface area contributed by atoms with Crippen LogP contribution in [-0.4, -0.2) is 0 Å². The highest BCUT2D eigenvalue weighted by molar-refractivity contribution is 9.10. The van der Waals surface area contributed by atoms with Crippen molar-refractivity contribution in [3.05, 3.63) is 93.5 Å². The van der Waals surface area contributed by atoms with E-state index in [-0.39, 0.29) is 0 Å². The molecule has 0 saturated heterocycles. The van der Waals surface area contributed by atoms with Crippen LogP contribution >= 0.6 is 15.9 Å². The largest absolute Gasteiger partial charge is 0.0651 e. The van der Waals surface area contributed by atoms with E-state index in [4.69, 9.17) is 0 Å². The predicted molar refractivity (Wildman–Crippen MR) is 115 cm³/mol. The average molecular weight is 405 g/mol. The first kappa shape index (κ1) is 17.5. The molecule has 3 atom stereocenters. The molecule has 3 aromatic carbocycles. The Labute approximate surface area is 165 Å². The molecule has 2 unspecified atom stereocenters. The summed E-state index contributed by atoms with van der Waals surface area (Å²) in [6.45, 7) is 7.04. The summed E-state index contributed by atoms with van der Waals surface area (Å²) in [4.78, 5) is 0. The topological polar surface area (TPSA) is 0 Å². The molecule has 0 N–H and O–H groups in total. The van der Waals surface area contributed by atoms with Gasteiger partial charge in [0, 0.05) is 10.4 Å². The molecule has 0 nitrogen and oxygen atoms in total. The first-order valence-corrected chi connectivity index (χ1v) is 10.4. The molecule has 0 spiro atoms. The molecule has 132 valence electrons. The summed E-state index contributed by atoms with van der Waals surface area (Å²) in [7, 11) is 0. The molecule has 1 aliphatic carbocycles. The fourth-order valence-corrected chi connectivity index (χ4v) is 4.85. The van der Waals surface area contributed by atoms with Crippen LogP contribution in [0.5, 0.6) is 0 Å². The van der Waals surface area contributed by atoms with E-state index in [1.807, 2.05) is 0 Å². The highest BCUT2D eigenvalue weighted by Crippen LogP contribution is 2.52. The lowest BCUT2D eigenvalue weighted by atomic mass is 9.82. The highest BCUT2D eigenvalue weighted by Gasteiger charge is 2.33. The second kappa shape index (κ2) is 7.04. The van der Waals surface area contributed by atoms with Crippen LogP contribution in [0.3, 0.4) is 0 Å². The van der Waals surface area contributed by atoms with Gasteiger partial charge in [0.15, 0.2) is 0 Å². The Hall–Kier alpha value is -1.86. The van der Waals surface area contributed by atoms with Crippen molar-refractivity contribution >= 4 is 15.9 Å². The number of hydrogen-bond donors (Lipinski definition) is 0. The predicted octanol–water partition coefficient (Wildman–Crippen LogP) is 7.76. The third kappa shape index (κ3) is 2.83. The molecule has 0 heterocycles. The number of hydrogen-bond acceptors (Lipinski definition) is 0. The van der Waals surface area contributed by atoms with Crippen LogP contribution in [0.1, 0.15) is 61.3 Å². The molecule has 0 radical (unpaired) electrons. The third-order valence-corrected chi connectivity index (χ3v) is 6.60. The lowest BCUT2D eigenvalue weighted by Gasteiger charge is -2.23. The Morgan fingerprint density at radius 3 is 2.31 bits per heavy atom. The second-order valence-electron chi connectivity index (χ2n) is 7.56. The molecule has 3 aromatic rings. The minimum Gasteiger partial charge on any atom is -0.0651 e. The molecular formula is C25H25Br. The maximum Gasteiger partial charge on any atom is 0.0352 e. The van der Waals surface area contributed by atoms with Gasteiger partial charge in [-0.05, 0) is 57.3 Å². The minimum absolute atomic E-state index is 0.322. The van der Waals surface area contributed by atoms with E-state index < -0.39 is 0 Å². The van der Waals surface area contributed by atoms with Crippen LogP contribution in [0.15, 0.2) is 71.2 Å². The molecule has 0 aliphatic heterocycles. The van der Waals surface area contributed by atoms with Crippen LogP contribution in [0.25, 0.3) is 11.1 Å². The van der Waals surface area contributed by atoms with Crippen LogP contribution in [0.4, 0.5) is 0 Å². The minimum atomic E-state index is 0.322. The summed E-state index contributed by atoms with van der Waals surface area (Å²) in [5, 5.41) is 0. The summed E-state index contributed by atoms with van der Waals surface area (Å²) < 4.78 is 1.19. The maximum absolute atomic E-state index is 3.80. The van der Waals surface area contributed by atoms with Crippen molar-refractivity contribution in [3.8, 4) is 11.1 Å². The van der Waals surface area contributed by atoms with Gasteiger partial charge in [-0.25, -0.2) is 0 Å². The lowest BCUT2D eigenvalue weighted by Crippen LogP contribution is -2.07. The summed E-state index contributed by atoms with van der Waals surface area (Å²) in [6, 6.07) is 24.6. The van der Waals surface area contributed by atoms with E-state index in [2.05, 4.69) is 103 Å². The number of benzene rings is 3. The highest BCUT2D eigenvalue weighted by atomic mass is 79.9. The number of fused-ring (bicyclic) bond motifs is 3. The van der Waals surface area contributed by atoms with Crippen molar-refractivity contribution in [3.63, 3.8) is 0 Å². The zero-order valence-corrected chi connectivity index (χ0v) is 17.3. The molecule has 0 fully saturated rings. The Morgan fingerprint density at radius 2 is 1.58 bits per heavy atom. The van der Waals surface area contributed by atoms with Crippen molar-refractivity contribution in [1.82, 2.24) is 0 Å². The Bertz CT molecular complexity index is 926. The Kier molecular flexibility index (Phi) is 4.75. The monoisotopic (exact) mass is 404 g/mol. The molecule has 0 bridgehead atoms. The smallest absolute Gasteiger partial charge is 0.0352 e. The summed E-state index contributed by atoms with van der Waals surface area (Å²) in [5.41, 5.74) is 8.61. The zero-order valence-electron chi connectivity index (χ0n) is 15.7. The van der Waals surface area contributed by atoms with Gasteiger partial charge in [0.2, 0.25) is 0 Å². The van der Waals surface area contributed by atoms with Crippen molar-refractivity contribution < 1.29 is 0 Å². The van der Waals surface area contributed by atoms with Crippen LogP contribution in [-0.2, 0) is 0 Å². The van der Waals surface area contributed by atoms with E-state index in [1.54, 1.807) is 0 Å². The Morgan fingerprint density at radius 1 is 0.885 bits per heavy atom. The first-order valence-electron chi connectivity index (χ1n) is 9.59. The number of rotatable bonds is 4. The lowest BCUT2D eigenvalue weighted by molar-refractivity contribution is 0.474. The second-order valence-corrected chi connectivity index (χ2v) is 8.48. The molecular weight excluding hydrogens is 380 g/mol. The Balaban J connectivity index is 1.99. The van der Waals surface area contributed by atoms with E-state index in [0.29, 0.717) is 17.8 Å². The summed E-state index contributed by atoms with van der Waals surface area (Å²) >= 11 is 3.80. The van der Waals surface area contributed by atoms with E-state index in [1.165, 1.54) is 44.3 Å². The van der Waals surface area contributed by atoms with Gasteiger partial charge in [0.25, 0.3) is 0 Å². The van der Waals surface area contributed by atoms with Crippen molar-refractivity contribution in [2.75, 3.05) is 0 Å². The van der Waals surface area contributed by atoms with Crippen molar-refractivity contribution in [2.24, 2.45) is 5.92 Å². The molecule has 1 heteroatoms. The van der Waals surface area contributed by atoms with Crippen molar-refractivity contribution in [2.45, 2.75) is 39.0 Å². The maximum atomic E-state index is 3.80.